The fraction of sp³-hybridized carbons (Fsp3) is 0.625. The van der Waals surface area contributed by atoms with Gasteiger partial charge in [-0.25, -0.2) is 4.79 Å². The highest BCUT2D eigenvalue weighted by atomic mass is 16.5. The number of carboxylic acids is 1. The lowest BCUT2D eigenvalue weighted by Gasteiger charge is -2.35. The van der Waals surface area contributed by atoms with Crippen LogP contribution < -0.4 is 5.32 Å². The predicted octanol–water partition coefficient (Wildman–Crippen LogP) is 2.77. The Hall–Kier alpha value is -2.41. The average molecular weight is 431 g/mol. The second-order valence-electron chi connectivity index (χ2n) is 8.66. The molecule has 0 radical (unpaired) electrons. The second-order valence-corrected chi connectivity index (χ2v) is 8.66. The van der Waals surface area contributed by atoms with Crippen molar-refractivity contribution >= 4 is 17.8 Å². The summed E-state index contributed by atoms with van der Waals surface area (Å²) in [6.45, 7) is 3.74. The minimum absolute atomic E-state index is 0.0167. The number of likely N-dealkylation sites (tertiary alicyclic amines) is 1. The number of hydrogen-bond acceptors (Lipinski definition) is 5. The van der Waals surface area contributed by atoms with Gasteiger partial charge in [-0.15, -0.1) is 0 Å². The fourth-order valence-electron chi connectivity index (χ4n) is 5.06. The van der Waals surface area contributed by atoms with E-state index in [9.17, 15) is 19.5 Å². The Balaban J connectivity index is 1.70. The van der Waals surface area contributed by atoms with Crippen molar-refractivity contribution in [3.63, 3.8) is 0 Å². The number of rotatable bonds is 9. The maximum Gasteiger partial charge on any atom is 0.326 e. The molecule has 2 fully saturated rings. The topological polar surface area (TPSA) is 95.9 Å². The highest BCUT2D eigenvalue weighted by molar-refractivity contribution is 5.88. The highest BCUT2D eigenvalue weighted by Gasteiger charge is 2.48. The van der Waals surface area contributed by atoms with E-state index in [1.54, 1.807) is 18.7 Å². The Bertz CT molecular complexity index is 768. The highest BCUT2D eigenvalue weighted by Crippen LogP contribution is 2.40. The van der Waals surface area contributed by atoms with Crippen LogP contribution >= 0.6 is 0 Å². The lowest BCUT2D eigenvalue weighted by atomic mass is 9.84. The summed E-state index contributed by atoms with van der Waals surface area (Å²) in [5.41, 5.74) is 1.10. The van der Waals surface area contributed by atoms with Gasteiger partial charge < -0.3 is 14.7 Å². The van der Waals surface area contributed by atoms with Crippen molar-refractivity contribution in [1.82, 2.24) is 10.2 Å². The normalized spacial score (nSPS) is 24.8. The molecule has 1 heterocycles. The zero-order valence-corrected chi connectivity index (χ0v) is 18.5. The van der Waals surface area contributed by atoms with Gasteiger partial charge in [0.05, 0.1) is 12.6 Å². The molecule has 3 rings (SSSR count). The molecule has 2 aliphatic rings. The molecule has 1 aliphatic carbocycles. The van der Waals surface area contributed by atoms with Crippen LogP contribution in [0.25, 0.3) is 0 Å². The second kappa shape index (κ2) is 10.8. The van der Waals surface area contributed by atoms with E-state index in [0.29, 0.717) is 19.3 Å². The molecule has 1 amide bonds. The van der Waals surface area contributed by atoms with Crippen molar-refractivity contribution in [1.29, 1.82) is 0 Å². The first-order chi connectivity index (χ1) is 14.9. The molecule has 0 spiro atoms. The molecular weight excluding hydrogens is 396 g/mol. The molecule has 1 saturated heterocycles. The van der Waals surface area contributed by atoms with Gasteiger partial charge >= 0.3 is 11.9 Å². The van der Waals surface area contributed by atoms with Crippen LogP contribution in [0, 0.1) is 5.92 Å². The maximum absolute atomic E-state index is 13.4. The van der Waals surface area contributed by atoms with E-state index in [1.165, 1.54) is 0 Å². The van der Waals surface area contributed by atoms with Crippen LogP contribution in [0.1, 0.15) is 57.9 Å². The maximum atomic E-state index is 13.4. The zero-order chi connectivity index (χ0) is 22.4. The number of esters is 1. The monoisotopic (exact) mass is 430 g/mol. The van der Waals surface area contributed by atoms with Crippen LogP contribution in [-0.4, -0.2) is 58.6 Å². The number of aryl methyl sites for hydroxylation is 1. The number of nitrogens with zero attached hydrogens (tertiary/aromatic N) is 1. The zero-order valence-electron chi connectivity index (χ0n) is 18.5. The average Bonchev–Trinajstić information content (AvgIpc) is 3.16. The Morgan fingerprint density at radius 1 is 1.19 bits per heavy atom. The number of ether oxygens (including phenoxy) is 1. The molecule has 1 aliphatic heterocycles. The Labute approximate surface area is 184 Å². The van der Waals surface area contributed by atoms with Gasteiger partial charge in [-0.3, -0.25) is 14.9 Å². The van der Waals surface area contributed by atoms with Gasteiger partial charge in [0.2, 0.25) is 5.91 Å². The molecule has 170 valence electrons. The van der Waals surface area contributed by atoms with Gasteiger partial charge in [-0.05, 0) is 57.4 Å². The summed E-state index contributed by atoms with van der Waals surface area (Å²) in [5.74, 6) is -1.31. The van der Waals surface area contributed by atoms with Crippen LogP contribution in [0.2, 0.25) is 0 Å². The van der Waals surface area contributed by atoms with E-state index in [4.69, 9.17) is 4.74 Å². The molecule has 31 heavy (non-hydrogen) atoms. The third-order valence-electron chi connectivity index (χ3n) is 6.58. The molecule has 4 unspecified atom stereocenters. The molecule has 7 nitrogen and oxygen atoms in total. The van der Waals surface area contributed by atoms with Crippen LogP contribution in [0.3, 0.4) is 0 Å². The summed E-state index contributed by atoms with van der Waals surface area (Å²) < 4.78 is 5.22. The molecule has 1 aromatic rings. The lowest BCUT2D eigenvalue weighted by Crippen LogP contribution is -2.55. The Morgan fingerprint density at radius 3 is 2.58 bits per heavy atom. The first-order valence-electron chi connectivity index (χ1n) is 11.4. The summed E-state index contributed by atoms with van der Waals surface area (Å²) in [5, 5.41) is 12.9. The number of nitrogens with one attached hydrogen (secondary N) is 1. The number of fused-ring (bicyclic) bond motifs is 1. The Morgan fingerprint density at radius 2 is 1.90 bits per heavy atom. The molecule has 0 aromatic heterocycles. The SMILES string of the molecule is CCOC(=O)C(CCc1ccccc1)NC(C)C(=O)N1C2CCCCC2C[C@@H]1C(=O)O. The molecule has 1 saturated carbocycles. The van der Waals surface area contributed by atoms with Crippen molar-refractivity contribution in [3.8, 4) is 0 Å². The fourth-order valence-corrected chi connectivity index (χ4v) is 5.06. The van der Waals surface area contributed by atoms with Crippen LogP contribution in [0.5, 0.6) is 0 Å². The lowest BCUT2D eigenvalue weighted by molar-refractivity contribution is -0.152. The van der Waals surface area contributed by atoms with Gasteiger partial charge in [0.15, 0.2) is 0 Å². The van der Waals surface area contributed by atoms with Gasteiger partial charge in [-0.2, -0.15) is 0 Å². The Kier molecular flexibility index (Phi) is 8.07. The quantitative estimate of drug-likeness (QED) is 0.585. The van der Waals surface area contributed by atoms with Crippen molar-refractivity contribution in [3.05, 3.63) is 35.9 Å². The molecule has 1 aromatic carbocycles. The van der Waals surface area contributed by atoms with E-state index >= 15 is 0 Å². The number of benzene rings is 1. The predicted molar refractivity (Wildman–Crippen MR) is 116 cm³/mol. The van der Waals surface area contributed by atoms with Crippen LogP contribution in [0.15, 0.2) is 30.3 Å². The third kappa shape index (κ3) is 5.64. The van der Waals surface area contributed by atoms with Crippen molar-refractivity contribution in [2.24, 2.45) is 5.92 Å². The van der Waals surface area contributed by atoms with Crippen LogP contribution in [0.4, 0.5) is 0 Å². The standard InChI is InChI=1S/C24H34N2O5/c1-3-31-24(30)19(14-13-17-9-5-4-6-10-17)25-16(2)22(27)26-20-12-8-7-11-18(20)15-21(26)23(28)29/h4-6,9-10,16,18-21,25H,3,7-8,11-15H2,1-2H3,(H,28,29)/t16?,18?,19?,20?,21-/m1/s1. The number of carbonyl (C=O) groups excluding carboxylic acids is 2. The van der Waals surface area contributed by atoms with Crippen molar-refractivity contribution in [2.45, 2.75) is 83.0 Å². The summed E-state index contributed by atoms with van der Waals surface area (Å²) >= 11 is 0. The minimum Gasteiger partial charge on any atom is -0.480 e. The largest absolute Gasteiger partial charge is 0.480 e. The van der Waals surface area contributed by atoms with Gasteiger partial charge in [0.25, 0.3) is 0 Å². The van der Waals surface area contributed by atoms with Crippen LogP contribution in [-0.2, 0) is 25.5 Å². The summed E-state index contributed by atoms with van der Waals surface area (Å²) in [7, 11) is 0. The number of hydrogen-bond donors (Lipinski definition) is 2. The summed E-state index contributed by atoms with van der Waals surface area (Å²) in [6, 6.07) is 7.75. The number of amides is 1. The van der Waals surface area contributed by atoms with E-state index in [0.717, 1.165) is 31.2 Å². The molecule has 0 bridgehead atoms. The van der Waals surface area contributed by atoms with E-state index < -0.39 is 24.1 Å². The van der Waals surface area contributed by atoms with Crippen molar-refractivity contribution in [2.75, 3.05) is 6.61 Å². The summed E-state index contributed by atoms with van der Waals surface area (Å²) in [4.78, 5) is 39.3. The molecule has 2 N–H and O–H groups in total. The van der Waals surface area contributed by atoms with E-state index in [1.807, 2.05) is 30.3 Å². The number of carboxylic acid groups (broad SMARTS) is 1. The van der Waals surface area contributed by atoms with E-state index in [2.05, 4.69) is 5.32 Å². The molecule has 5 atom stereocenters. The number of carbonyl (C=O) groups is 3. The van der Waals surface area contributed by atoms with Gasteiger partial charge in [-0.1, -0.05) is 43.2 Å². The van der Waals surface area contributed by atoms with Gasteiger partial charge in [0.1, 0.15) is 12.1 Å². The smallest absolute Gasteiger partial charge is 0.326 e. The van der Waals surface area contributed by atoms with Crippen molar-refractivity contribution < 1.29 is 24.2 Å². The minimum atomic E-state index is -0.944. The molecular formula is C24H34N2O5. The van der Waals surface area contributed by atoms with Gasteiger partial charge in [0, 0.05) is 6.04 Å². The molecule has 7 heteroatoms. The third-order valence-corrected chi connectivity index (χ3v) is 6.58. The van der Waals surface area contributed by atoms with E-state index in [-0.39, 0.29) is 30.4 Å². The first-order valence-corrected chi connectivity index (χ1v) is 11.4. The number of aliphatic carboxylic acids is 1. The first kappa shape index (κ1) is 23.3. The summed E-state index contributed by atoms with van der Waals surface area (Å²) in [6.07, 6.45) is 5.62.